The van der Waals surface area contributed by atoms with Crippen molar-refractivity contribution in [3.05, 3.63) is 34.3 Å². The minimum atomic E-state index is -0.0568. The van der Waals surface area contributed by atoms with Crippen molar-refractivity contribution in [2.45, 2.75) is 13.0 Å². The van der Waals surface area contributed by atoms with E-state index in [0.717, 1.165) is 16.1 Å². The SMILES string of the molecule is C#CC(NC)c1cccc(Cl)c1C. The molecule has 0 spiro atoms. The zero-order chi connectivity index (χ0) is 9.84. The molecule has 1 aromatic rings. The van der Waals surface area contributed by atoms with Crippen LogP contribution < -0.4 is 5.32 Å². The molecule has 2 heteroatoms. The van der Waals surface area contributed by atoms with Gasteiger partial charge in [0.05, 0.1) is 6.04 Å². The van der Waals surface area contributed by atoms with E-state index in [4.69, 9.17) is 18.0 Å². The lowest BCUT2D eigenvalue weighted by Crippen LogP contribution is -2.15. The van der Waals surface area contributed by atoms with Crippen molar-refractivity contribution in [3.63, 3.8) is 0 Å². The van der Waals surface area contributed by atoms with Crippen molar-refractivity contribution < 1.29 is 0 Å². The van der Waals surface area contributed by atoms with Crippen LogP contribution in [0.25, 0.3) is 0 Å². The standard InChI is InChI=1S/C11H12ClN/c1-4-11(13-3)9-6-5-7-10(12)8(9)2/h1,5-7,11,13H,2-3H3. The van der Waals surface area contributed by atoms with Crippen LogP contribution >= 0.6 is 11.6 Å². The van der Waals surface area contributed by atoms with E-state index in [1.165, 1.54) is 0 Å². The lowest BCUT2D eigenvalue weighted by Gasteiger charge is -2.13. The summed E-state index contributed by atoms with van der Waals surface area (Å²) in [5.41, 5.74) is 2.11. The van der Waals surface area contributed by atoms with Crippen molar-refractivity contribution in [3.8, 4) is 12.3 Å². The summed E-state index contributed by atoms with van der Waals surface area (Å²) < 4.78 is 0. The Balaban J connectivity index is 3.15. The van der Waals surface area contributed by atoms with Gasteiger partial charge < -0.3 is 5.32 Å². The molecular weight excluding hydrogens is 182 g/mol. The number of benzene rings is 1. The summed E-state index contributed by atoms with van der Waals surface area (Å²) >= 11 is 5.98. The van der Waals surface area contributed by atoms with E-state index >= 15 is 0 Å². The van der Waals surface area contributed by atoms with Gasteiger partial charge >= 0.3 is 0 Å². The van der Waals surface area contributed by atoms with Crippen LogP contribution in [-0.4, -0.2) is 7.05 Å². The summed E-state index contributed by atoms with van der Waals surface area (Å²) in [6, 6.07) is 5.71. The monoisotopic (exact) mass is 193 g/mol. The third-order valence-electron chi connectivity index (χ3n) is 2.08. The van der Waals surface area contributed by atoms with Crippen LogP contribution in [0.4, 0.5) is 0 Å². The molecule has 0 heterocycles. The van der Waals surface area contributed by atoms with Crippen molar-refractivity contribution in [1.82, 2.24) is 5.32 Å². The minimum Gasteiger partial charge on any atom is -0.303 e. The van der Waals surface area contributed by atoms with Crippen LogP contribution in [-0.2, 0) is 0 Å². The molecule has 1 atom stereocenters. The maximum absolute atomic E-state index is 5.98. The first-order chi connectivity index (χ1) is 6.20. The van der Waals surface area contributed by atoms with Crippen molar-refractivity contribution in [2.24, 2.45) is 0 Å². The van der Waals surface area contributed by atoms with Crippen LogP contribution in [0.1, 0.15) is 17.2 Å². The van der Waals surface area contributed by atoms with E-state index in [9.17, 15) is 0 Å². The van der Waals surface area contributed by atoms with Gasteiger partial charge in [0, 0.05) is 5.02 Å². The summed E-state index contributed by atoms with van der Waals surface area (Å²) in [4.78, 5) is 0. The topological polar surface area (TPSA) is 12.0 Å². The van der Waals surface area contributed by atoms with Crippen LogP contribution in [0, 0.1) is 19.3 Å². The Bertz CT molecular complexity index is 338. The zero-order valence-electron chi connectivity index (χ0n) is 7.76. The van der Waals surface area contributed by atoms with Crippen LogP contribution in [0.5, 0.6) is 0 Å². The molecule has 1 unspecified atom stereocenters. The minimum absolute atomic E-state index is 0.0568. The molecule has 0 amide bonds. The Morgan fingerprint density at radius 1 is 1.54 bits per heavy atom. The van der Waals surface area contributed by atoms with Gasteiger partial charge in [0.1, 0.15) is 0 Å². The second-order valence-electron chi connectivity index (χ2n) is 2.84. The highest BCUT2D eigenvalue weighted by molar-refractivity contribution is 6.31. The molecule has 0 aromatic heterocycles. The molecule has 0 aliphatic carbocycles. The van der Waals surface area contributed by atoms with Crippen molar-refractivity contribution in [2.75, 3.05) is 7.05 Å². The van der Waals surface area contributed by atoms with E-state index in [2.05, 4.69) is 11.2 Å². The van der Waals surface area contributed by atoms with Gasteiger partial charge in [-0.3, -0.25) is 0 Å². The molecule has 0 aliphatic heterocycles. The highest BCUT2D eigenvalue weighted by Crippen LogP contribution is 2.23. The lowest BCUT2D eigenvalue weighted by atomic mass is 10.0. The van der Waals surface area contributed by atoms with Gasteiger partial charge in [0.15, 0.2) is 0 Å². The van der Waals surface area contributed by atoms with Gasteiger partial charge in [-0.15, -0.1) is 6.42 Å². The van der Waals surface area contributed by atoms with Crippen LogP contribution in [0.3, 0.4) is 0 Å². The van der Waals surface area contributed by atoms with Gasteiger partial charge in [0.2, 0.25) is 0 Å². The number of nitrogens with one attached hydrogen (secondary N) is 1. The fraction of sp³-hybridized carbons (Fsp3) is 0.273. The summed E-state index contributed by atoms with van der Waals surface area (Å²) in [6.07, 6.45) is 5.38. The largest absolute Gasteiger partial charge is 0.303 e. The number of terminal acetylenes is 1. The normalized spacial score (nSPS) is 12.2. The predicted octanol–water partition coefficient (Wildman–Crippen LogP) is 2.54. The van der Waals surface area contributed by atoms with E-state index in [-0.39, 0.29) is 6.04 Å². The molecule has 1 aromatic carbocycles. The molecule has 0 radical (unpaired) electrons. The van der Waals surface area contributed by atoms with Crippen LogP contribution in [0.2, 0.25) is 5.02 Å². The molecule has 0 aliphatic rings. The van der Waals surface area contributed by atoms with Crippen molar-refractivity contribution in [1.29, 1.82) is 0 Å². The van der Waals surface area contributed by atoms with E-state index in [0.29, 0.717) is 0 Å². The fourth-order valence-corrected chi connectivity index (χ4v) is 1.45. The fourth-order valence-electron chi connectivity index (χ4n) is 1.27. The van der Waals surface area contributed by atoms with Gasteiger partial charge in [-0.25, -0.2) is 0 Å². The first-order valence-corrected chi connectivity index (χ1v) is 4.47. The molecule has 68 valence electrons. The second-order valence-corrected chi connectivity index (χ2v) is 3.25. The van der Waals surface area contributed by atoms with Crippen molar-refractivity contribution >= 4 is 11.6 Å². The summed E-state index contributed by atoms with van der Waals surface area (Å²) in [7, 11) is 1.84. The first-order valence-electron chi connectivity index (χ1n) is 4.09. The third-order valence-corrected chi connectivity index (χ3v) is 2.49. The number of halogens is 1. The van der Waals surface area contributed by atoms with Gasteiger partial charge in [-0.2, -0.15) is 0 Å². The van der Waals surface area contributed by atoms with E-state index in [1.54, 1.807) is 0 Å². The maximum atomic E-state index is 5.98. The number of rotatable bonds is 2. The molecule has 1 N–H and O–H groups in total. The molecule has 1 nitrogen and oxygen atoms in total. The summed E-state index contributed by atoms with van der Waals surface area (Å²) in [5, 5.41) is 3.80. The van der Waals surface area contributed by atoms with Crippen LogP contribution in [0.15, 0.2) is 18.2 Å². The van der Waals surface area contributed by atoms with Gasteiger partial charge in [0.25, 0.3) is 0 Å². The molecule has 0 saturated heterocycles. The zero-order valence-corrected chi connectivity index (χ0v) is 8.52. The second kappa shape index (κ2) is 4.32. The Kier molecular flexibility index (Phi) is 3.36. The van der Waals surface area contributed by atoms with Gasteiger partial charge in [-0.1, -0.05) is 29.7 Å². The predicted molar refractivity (Wildman–Crippen MR) is 56.8 cm³/mol. The molecular formula is C11H12ClN. The number of hydrogen-bond donors (Lipinski definition) is 1. The third kappa shape index (κ3) is 2.03. The average molecular weight is 194 g/mol. The Morgan fingerprint density at radius 3 is 2.77 bits per heavy atom. The molecule has 13 heavy (non-hydrogen) atoms. The lowest BCUT2D eigenvalue weighted by molar-refractivity contribution is 0.732. The molecule has 0 saturated carbocycles. The van der Waals surface area contributed by atoms with Gasteiger partial charge in [-0.05, 0) is 31.2 Å². The highest BCUT2D eigenvalue weighted by atomic mass is 35.5. The molecule has 0 fully saturated rings. The summed E-state index contributed by atoms with van der Waals surface area (Å²) in [6.45, 7) is 1.97. The smallest absolute Gasteiger partial charge is 0.0943 e. The Hall–Kier alpha value is -0.970. The molecule has 0 bridgehead atoms. The highest BCUT2D eigenvalue weighted by Gasteiger charge is 2.09. The number of hydrogen-bond acceptors (Lipinski definition) is 1. The average Bonchev–Trinajstić information content (AvgIpc) is 2.14. The maximum Gasteiger partial charge on any atom is 0.0943 e. The van der Waals surface area contributed by atoms with E-state index in [1.807, 2.05) is 32.2 Å². The molecule has 1 rings (SSSR count). The Morgan fingerprint density at radius 2 is 2.23 bits per heavy atom. The Labute approximate surface area is 84.1 Å². The van der Waals surface area contributed by atoms with E-state index < -0.39 is 0 Å². The quantitative estimate of drug-likeness (QED) is 0.712. The first kappa shape index (κ1) is 10.1. The summed E-state index contributed by atoms with van der Waals surface area (Å²) in [5.74, 6) is 2.67.